The molecule has 2 heterocycles. The van der Waals surface area contributed by atoms with E-state index in [9.17, 15) is 0 Å². The molecular formula is C21H24N2O. The van der Waals surface area contributed by atoms with Crippen LogP contribution in [-0.4, -0.2) is 13.1 Å². The lowest BCUT2D eigenvalue weighted by atomic mass is 10.1. The number of rotatable bonds is 3. The molecule has 4 rings (SSSR count). The van der Waals surface area contributed by atoms with Crippen LogP contribution in [0.1, 0.15) is 37.8 Å². The number of nitrogens with zero attached hydrogens (tertiary/aromatic N) is 2. The summed E-state index contributed by atoms with van der Waals surface area (Å²) < 4.78 is 6.23. The molecule has 0 bridgehead atoms. The van der Waals surface area contributed by atoms with Crippen LogP contribution in [0.4, 0.5) is 11.4 Å². The molecule has 2 aromatic rings. The normalized spacial score (nSPS) is 15.5. The van der Waals surface area contributed by atoms with Gasteiger partial charge in [-0.25, -0.2) is 4.99 Å². The van der Waals surface area contributed by atoms with Crippen molar-refractivity contribution in [2.75, 3.05) is 18.0 Å². The highest BCUT2D eigenvalue weighted by Crippen LogP contribution is 2.41. The first-order valence-electron chi connectivity index (χ1n) is 8.99. The van der Waals surface area contributed by atoms with E-state index < -0.39 is 0 Å². The number of hydrogen-bond acceptors (Lipinski definition) is 3. The second kappa shape index (κ2) is 5.97. The summed E-state index contributed by atoms with van der Waals surface area (Å²) in [6.45, 7) is 8.68. The average Bonchev–Trinajstić information content (AvgIpc) is 2.98. The Labute approximate surface area is 143 Å². The van der Waals surface area contributed by atoms with Crippen LogP contribution in [0, 0.1) is 6.92 Å². The van der Waals surface area contributed by atoms with Crippen LogP contribution < -0.4 is 20.2 Å². The summed E-state index contributed by atoms with van der Waals surface area (Å²) in [5, 5.41) is 2.20. The Morgan fingerprint density at radius 1 is 1.17 bits per heavy atom. The minimum Gasteiger partial charge on any atom is -0.453 e. The fourth-order valence-electron chi connectivity index (χ4n) is 3.59. The van der Waals surface area contributed by atoms with Gasteiger partial charge in [-0.05, 0) is 61.2 Å². The van der Waals surface area contributed by atoms with E-state index in [4.69, 9.17) is 9.73 Å². The van der Waals surface area contributed by atoms with Crippen molar-refractivity contribution in [2.45, 2.75) is 40.0 Å². The Hall–Kier alpha value is -2.29. The Morgan fingerprint density at radius 3 is 2.83 bits per heavy atom. The number of unbranched alkanes of at least 4 members (excludes halogenated alkanes) is 1. The average molecular weight is 320 g/mol. The molecule has 2 aliphatic heterocycles. The molecule has 0 spiro atoms. The number of benzene rings is 2. The van der Waals surface area contributed by atoms with E-state index in [1.165, 1.54) is 22.0 Å². The van der Waals surface area contributed by atoms with Crippen LogP contribution in [0.3, 0.4) is 0 Å². The summed E-state index contributed by atoms with van der Waals surface area (Å²) in [6, 6.07) is 8.65. The zero-order chi connectivity index (χ0) is 16.7. The first-order valence-corrected chi connectivity index (χ1v) is 8.99. The van der Waals surface area contributed by atoms with E-state index in [0.717, 1.165) is 54.9 Å². The molecular weight excluding hydrogens is 296 g/mol. The van der Waals surface area contributed by atoms with Gasteiger partial charge in [0.15, 0.2) is 11.5 Å². The van der Waals surface area contributed by atoms with Crippen LogP contribution in [0.5, 0.6) is 11.5 Å². The second-order valence-electron chi connectivity index (χ2n) is 6.66. The third-order valence-electron chi connectivity index (χ3n) is 5.00. The zero-order valence-electron chi connectivity index (χ0n) is 14.7. The van der Waals surface area contributed by atoms with E-state index in [0.29, 0.717) is 0 Å². The molecule has 0 N–H and O–H groups in total. The third-order valence-corrected chi connectivity index (χ3v) is 5.00. The number of ether oxygens (including phenoxy) is 1. The summed E-state index contributed by atoms with van der Waals surface area (Å²) in [5.41, 5.74) is 4.91. The number of aryl methyl sites for hydroxylation is 1. The maximum Gasteiger partial charge on any atom is 0.155 e. The molecule has 0 fully saturated rings. The van der Waals surface area contributed by atoms with Crippen LogP contribution in [0.15, 0.2) is 29.3 Å². The Morgan fingerprint density at radius 2 is 2.04 bits per heavy atom. The monoisotopic (exact) mass is 320 g/mol. The molecule has 0 atom stereocenters. The molecule has 0 amide bonds. The molecule has 2 aliphatic rings. The first kappa shape index (κ1) is 15.3. The molecule has 0 aromatic heterocycles. The van der Waals surface area contributed by atoms with E-state index >= 15 is 0 Å². The maximum atomic E-state index is 6.23. The lowest BCUT2D eigenvalue weighted by Crippen LogP contribution is -2.19. The smallest absolute Gasteiger partial charge is 0.155 e. The van der Waals surface area contributed by atoms with E-state index in [1.54, 1.807) is 0 Å². The van der Waals surface area contributed by atoms with Gasteiger partial charge in [0.05, 0.1) is 0 Å². The van der Waals surface area contributed by atoms with E-state index in [1.807, 2.05) is 0 Å². The van der Waals surface area contributed by atoms with Gasteiger partial charge in [0.25, 0.3) is 0 Å². The van der Waals surface area contributed by atoms with Gasteiger partial charge in [-0.15, -0.1) is 0 Å². The Bertz CT molecular complexity index is 914. The Kier molecular flexibility index (Phi) is 3.79. The van der Waals surface area contributed by atoms with Gasteiger partial charge in [-0.2, -0.15) is 0 Å². The molecule has 0 unspecified atom stereocenters. The van der Waals surface area contributed by atoms with Crippen LogP contribution >= 0.6 is 0 Å². The lowest BCUT2D eigenvalue weighted by molar-refractivity contribution is 0.469. The highest BCUT2D eigenvalue weighted by atomic mass is 16.5. The number of likely N-dealkylation sites (N-methyl/N-ethyl adjacent to an activating group) is 1. The number of hydrogen-bond donors (Lipinski definition) is 0. The van der Waals surface area contributed by atoms with Gasteiger partial charge in [0.2, 0.25) is 0 Å². The fraction of sp³-hybridized carbons (Fsp3) is 0.381. The SMILES string of the molecule is CCC/C=c1/cc2c(cc1C)=Nc1cc3c(cc1O2)N(CC)CC3. The predicted octanol–water partition coefficient (Wildman–Crippen LogP) is 4.02. The predicted molar refractivity (Wildman–Crippen MR) is 99.1 cm³/mol. The molecule has 0 aliphatic carbocycles. The van der Waals surface area contributed by atoms with Crippen LogP contribution in [0.25, 0.3) is 6.08 Å². The highest BCUT2D eigenvalue weighted by Gasteiger charge is 2.22. The quantitative estimate of drug-likeness (QED) is 0.728. The van der Waals surface area contributed by atoms with Crippen molar-refractivity contribution in [1.82, 2.24) is 0 Å². The zero-order valence-corrected chi connectivity index (χ0v) is 14.7. The Balaban J connectivity index is 1.82. The van der Waals surface area contributed by atoms with Gasteiger partial charge in [-0.1, -0.05) is 19.4 Å². The molecule has 3 nitrogen and oxygen atoms in total. The summed E-state index contributed by atoms with van der Waals surface area (Å²) >= 11 is 0. The fourth-order valence-corrected chi connectivity index (χ4v) is 3.59. The molecule has 0 radical (unpaired) electrons. The molecule has 0 saturated carbocycles. The summed E-state index contributed by atoms with van der Waals surface area (Å²) in [6.07, 6.45) is 5.63. The van der Waals surface area contributed by atoms with Crippen molar-refractivity contribution < 1.29 is 4.74 Å². The molecule has 24 heavy (non-hydrogen) atoms. The van der Waals surface area contributed by atoms with Crippen molar-refractivity contribution >= 4 is 17.5 Å². The lowest BCUT2D eigenvalue weighted by Gasteiger charge is -2.20. The molecule has 0 saturated heterocycles. The maximum absolute atomic E-state index is 6.23. The molecule has 2 aromatic carbocycles. The van der Waals surface area contributed by atoms with Crippen molar-refractivity contribution in [3.8, 4) is 11.5 Å². The van der Waals surface area contributed by atoms with Crippen molar-refractivity contribution in [3.05, 3.63) is 46.0 Å². The minimum atomic E-state index is 0.872. The highest BCUT2D eigenvalue weighted by molar-refractivity contribution is 5.70. The molecule has 3 heteroatoms. The van der Waals surface area contributed by atoms with Crippen LogP contribution in [-0.2, 0) is 6.42 Å². The van der Waals surface area contributed by atoms with Gasteiger partial charge < -0.3 is 9.64 Å². The number of fused-ring (bicyclic) bond motifs is 3. The first-order chi connectivity index (χ1) is 11.7. The minimum absolute atomic E-state index is 0.872. The van der Waals surface area contributed by atoms with Crippen molar-refractivity contribution in [1.29, 1.82) is 0 Å². The summed E-state index contributed by atoms with van der Waals surface area (Å²) in [7, 11) is 0. The van der Waals surface area contributed by atoms with Gasteiger partial charge in [-0.3, -0.25) is 0 Å². The van der Waals surface area contributed by atoms with Crippen molar-refractivity contribution in [3.63, 3.8) is 0 Å². The second-order valence-corrected chi connectivity index (χ2v) is 6.66. The van der Waals surface area contributed by atoms with E-state index in [-0.39, 0.29) is 0 Å². The standard InChI is InChI=1S/C21H24N2O/c1-4-6-7-15-12-20-17(10-14(15)3)22-18-11-16-8-9-23(5-2)19(16)13-21(18)24-20/h7,10-13H,4-6,8-9H2,1-3H3/b15-7-. The van der Waals surface area contributed by atoms with Crippen molar-refractivity contribution in [2.24, 2.45) is 4.99 Å². The summed E-state index contributed by atoms with van der Waals surface area (Å²) in [4.78, 5) is 7.27. The van der Waals surface area contributed by atoms with Gasteiger partial charge >= 0.3 is 0 Å². The van der Waals surface area contributed by atoms with Gasteiger partial charge in [0.1, 0.15) is 11.0 Å². The topological polar surface area (TPSA) is 24.8 Å². The summed E-state index contributed by atoms with van der Waals surface area (Å²) in [5.74, 6) is 1.75. The van der Waals surface area contributed by atoms with Crippen LogP contribution in [0.2, 0.25) is 0 Å². The van der Waals surface area contributed by atoms with Gasteiger partial charge in [0, 0.05) is 24.8 Å². The largest absolute Gasteiger partial charge is 0.453 e. The number of anilines is 1. The molecule has 124 valence electrons. The third kappa shape index (κ3) is 2.48. The van der Waals surface area contributed by atoms with E-state index in [2.05, 4.69) is 56.0 Å².